The van der Waals surface area contributed by atoms with Crippen LogP contribution in [0.5, 0.6) is 5.75 Å². The smallest absolute Gasteiger partial charge is 0.260 e. The predicted molar refractivity (Wildman–Crippen MR) is 95.3 cm³/mol. The lowest BCUT2D eigenvalue weighted by atomic mass is 9.90. The van der Waals surface area contributed by atoms with Gasteiger partial charge in [-0.15, -0.1) is 11.3 Å². The minimum atomic E-state index is -0.623. The van der Waals surface area contributed by atoms with Gasteiger partial charge in [-0.25, -0.2) is 0 Å². The van der Waals surface area contributed by atoms with Crippen LogP contribution in [0.25, 0.3) is 10.1 Å². The highest BCUT2D eigenvalue weighted by molar-refractivity contribution is 7.22. The molecule has 0 bridgehead atoms. The van der Waals surface area contributed by atoms with Gasteiger partial charge in [0, 0.05) is 0 Å². The molecule has 0 atom stereocenters. The van der Waals surface area contributed by atoms with Gasteiger partial charge in [0.05, 0.1) is 27.9 Å². The van der Waals surface area contributed by atoms with E-state index in [-0.39, 0.29) is 10.6 Å². The number of carbonyl (C=O) groups excluding carboxylic acids is 2. The van der Waals surface area contributed by atoms with E-state index in [4.69, 9.17) is 21.9 Å². The van der Waals surface area contributed by atoms with E-state index in [1.165, 1.54) is 19.3 Å². The summed E-state index contributed by atoms with van der Waals surface area (Å²) in [6.45, 7) is 0.603. The Kier molecular flexibility index (Phi) is 4.62. The van der Waals surface area contributed by atoms with Crippen LogP contribution in [0.4, 0.5) is 5.69 Å². The maximum atomic E-state index is 11.7. The zero-order chi connectivity index (χ0) is 17.3. The van der Waals surface area contributed by atoms with Crippen molar-refractivity contribution in [1.82, 2.24) is 0 Å². The maximum Gasteiger partial charge on any atom is 0.260 e. The van der Waals surface area contributed by atoms with Gasteiger partial charge in [-0.3, -0.25) is 9.59 Å². The van der Waals surface area contributed by atoms with E-state index in [0.29, 0.717) is 33.9 Å². The van der Waals surface area contributed by atoms with Crippen molar-refractivity contribution in [2.24, 2.45) is 17.4 Å². The number of rotatable bonds is 5. The summed E-state index contributed by atoms with van der Waals surface area (Å²) in [6.07, 6.45) is 6.07. The fourth-order valence-corrected chi connectivity index (χ4v) is 4.36. The number of hydrogen-bond donors (Lipinski definition) is 3. The molecule has 1 aromatic carbocycles. The van der Waals surface area contributed by atoms with Gasteiger partial charge in [0.2, 0.25) is 5.91 Å². The van der Waals surface area contributed by atoms with E-state index in [9.17, 15) is 9.59 Å². The number of amides is 2. The third kappa shape index (κ3) is 3.03. The minimum absolute atomic E-state index is 0.223. The third-order valence-corrected chi connectivity index (χ3v) is 5.78. The Bertz CT molecular complexity index is 794. The Morgan fingerprint density at radius 1 is 1.12 bits per heavy atom. The van der Waals surface area contributed by atoms with Crippen molar-refractivity contribution < 1.29 is 14.3 Å². The fourth-order valence-electron chi connectivity index (χ4n) is 3.26. The lowest BCUT2D eigenvalue weighted by Crippen LogP contribution is -2.16. The summed E-state index contributed by atoms with van der Waals surface area (Å²) in [7, 11) is 0. The van der Waals surface area contributed by atoms with Gasteiger partial charge >= 0.3 is 0 Å². The lowest BCUT2D eigenvalue weighted by Gasteiger charge is -2.22. The van der Waals surface area contributed by atoms with Crippen LogP contribution in [0.2, 0.25) is 0 Å². The van der Waals surface area contributed by atoms with E-state index in [2.05, 4.69) is 0 Å². The Balaban J connectivity index is 1.99. The lowest BCUT2D eigenvalue weighted by molar-refractivity contribution is 0.0994. The number of carbonyl (C=O) groups is 2. The van der Waals surface area contributed by atoms with E-state index >= 15 is 0 Å². The topological polar surface area (TPSA) is 121 Å². The number of primary amides is 2. The first-order valence-electron chi connectivity index (χ1n) is 8.06. The van der Waals surface area contributed by atoms with E-state index in [1.807, 2.05) is 0 Å². The molecule has 0 aliphatic heterocycles. The van der Waals surface area contributed by atoms with E-state index in [1.54, 1.807) is 12.1 Å². The third-order valence-electron chi connectivity index (χ3n) is 4.53. The Morgan fingerprint density at radius 3 is 2.46 bits per heavy atom. The first kappa shape index (κ1) is 16.6. The second-order valence-corrected chi connectivity index (χ2v) is 7.22. The standard InChI is InChI=1S/C17H21N3O3S/c18-13-12-11(23-8-9-4-2-1-3-5-9)7-6-10(16(19)21)14(12)24-15(13)17(20)22/h6-7,9H,1-5,8,18H2,(H2,19,21)(H2,20,22). The predicted octanol–water partition coefficient (Wildman–Crippen LogP) is 2.64. The molecule has 2 amide bonds. The van der Waals surface area contributed by atoms with Crippen molar-refractivity contribution in [1.29, 1.82) is 0 Å². The molecular formula is C17H21N3O3S. The molecule has 0 saturated heterocycles. The van der Waals surface area contributed by atoms with Crippen LogP contribution in [-0.4, -0.2) is 18.4 Å². The SMILES string of the molecule is NC(=O)c1sc2c(C(N)=O)ccc(OCC3CCCCC3)c2c1N. The molecule has 0 spiro atoms. The summed E-state index contributed by atoms with van der Waals surface area (Å²) >= 11 is 1.08. The van der Waals surface area contributed by atoms with Gasteiger partial charge in [-0.1, -0.05) is 19.3 Å². The highest BCUT2D eigenvalue weighted by Gasteiger charge is 2.22. The minimum Gasteiger partial charge on any atom is -0.493 e. The second kappa shape index (κ2) is 6.68. The molecule has 1 heterocycles. The average molecular weight is 347 g/mol. The second-order valence-electron chi connectivity index (χ2n) is 6.20. The van der Waals surface area contributed by atoms with E-state index in [0.717, 1.165) is 24.2 Å². The Labute approximate surface area is 143 Å². The number of nitrogens with two attached hydrogens (primary N) is 3. The first-order chi connectivity index (χ1) is 11.5. The zero-order valence-electron chi connectivity index (χ0n) is 13.3. The number of thiophene rings is 1. The summed E-state index contributed by atoms with van der Waals surface area (Å²) in [6, 6.07) is 3.31. The van der Waals surface area contributed by atoms with Crippen LogP contribution in [0.1, 0.15) is 52.1 Å². The van der Waals surface area contributed by atoms with Gasteiger partial charge in [-0.2, -0.15) is 0 Å². The number of fused-ring (bicyclic) bond motifs is 1. The molecule has 1 aromatic heterocycles. The first-order valence-corrected chi connectivity index (χ1v) is 8.88. The van der Waals surface area contributed by atoms with Gasteiger partial charge in [-0.05, 0) is 30.9 Å². The molecule has 24 heavy (non-hydrogen) atoms. The number of nitrogen functional groups attached to an aromatic ring is 1. The molecule has 1 aliphatic carbocycles. The molecule has 1 fully saturated rings. The quantitative estimate of drug-likeness (QED) is 0.769. The van der Waals surface area contributed by atoms with Gasteiger partial charge < -0.3 is 21.9 Å². The van der Waals surface area contributed by atoms with Crippen LogP contribution in [0.3, 0.4) is 0 Å². The fraction of sp³-hybridized carbons (Fsp3) is 0.412. The molecule has 6 nitrogen and oxygen atoms in total. The largest absolute Gasteiger partial charge is 0.493 e. The number of benzene rings is 1. The van der Waals surface area contributed by atoms with Gasteiger partial charge in [0.15, 0.2) is 0 Å². The van der Waals surface area contributed by atoms with Crippen LogP contribution in [-0.2, 0) is 0 Å². The summed E-state index contributed by atoms with van der Waals surface area (Å²) in [5.41, 5.74) is 17.5. The van der Waals surface area contributed by atoms with Crippen LogP contribution < -0.4 is 21.9 Å². The van der Waals surface area contributed by atoms with Crippen molar-refractivity contribution in [3.8, 4) is 5.75 Å². The van der Waals surface area contributed by atoms with Crippen molar-refractivity contribution >= 4 is 38.9 Å². The molecule has 7 heteroatoms. The van der Waals surface area contributed by atoms with Crippen molar-refractivity contribution in [2.45, 2.75) is 32.1 Å². The Morgan fingerprint density at radius 2 is 1.83 bits per heavy atom. The van der Waals surface area contributed by atoms with Crippen molar-refractivity contribution in [3.63, 3.8) is 0 Å². The normalized spacial score (nSPS) is 15.5. The highest BCUT2D eigenvalue weighted by atomic mass is 32.1. The maximum absolute atomic E-state index is 11.7. The summed E-state index contributed by atoms with van der Waals surface area (Å²) in [4.78, 5) is 23.5. The van der Waals surface area contributed by atoms with Gasteiger partial charge in [0.1, 0.15) is 10.6 Å². The molecular weight excluding hydrogens is 326 g/mol. The summed E-state index contributed by atoms with van der Waals surface area (Å²) in [5.74, 6) is -0.0969. The van der Waals surface area contributed by atoms with E-state index < -0.39 is 11.8 Å². The monoisotopic (exact) mass is 347 g/mol. The molecule has 6 N–H and O–H groups in total. The highest BCUT2D eigenvalue weighted by Crippen LogP contribution is 2.41. The molecule has 0 radical (unpaired) electrons. The number of anilines is 1. The number of ether oxygens (including phenoxy) is 1. The summed E-state index contributed by atoms with van der Waals surface area (Å²) in [5, 5.41) is 0.556. The molecule has 1 aliphatic rings. The summed E-state index contributed by atoms with van der Waals surface area (Å²) < 4.78 is 6.54. The van der Waals surface area contributed by atoms with Crippen LogP contribution in [0.15, 0.2) is 12.1 Å². The van der Waals surface area contributed by atoms with Crippen LogP contribution in [0, 0.1) is 5.92 Å². The van der Waals surface area contributed by atoms with Gasteiger partial charge in [0.25, 0.3) is 5.91 Å². The molecule has 1 saturated carbocycles. The molecule has 2 aromatic rings. The van der Waals surface area contributed by atoms with Crippen molar-refractivity contribution in [3.05, 3.63) is 22.6 Å². The number of hydrogen-bond acceptors (Lipinski definition) is 5. The molecule has 128 valence electrons. The van der Waals surface area contributed by atoms with Crippen LogP contribution >= 0.6 is 11.3 Å². The van der Waals surface area contributed by atoms with Crippen molar-refractivity contribution in [2.75, 3.05) is 12.3 Å². The average Bonchev–Trinajstić information content (AvgIpc) is 2.91. The Hall–Kier alpha value is -2.28. The molecule has 0 unspecified atom stereocenters. The molecule has 3 rings (SSSR count). The zero-order valence-corrected chi connectivity index (χ0v) is 14.2.